The largest absolute Gasteiger partial charge is 0.345 e. The number of rotatable bonds is 6. The molecule has 4 rings (SSSR count). The molecule has 8 heteroatoms. The zero-order valence-electron chi connectivity index (χ0n) is 17.0. The molecule has 0 radical (unpaired) electrons. The van der Waals surface area contributed by atoms with Crippen LogP contribution in [0.25, 0.3) is 6.08 Å². The van der Waals surface area contributed by atoms with Gasteiger partial charge in [-0.25, -0.2) is 19.9 Å². The molecule has 0 saturated carbocycles. The minimum atomic E-state index is 0.0324. The molecule has 1 saturated heterocycles. The molecule has 0 bridgehead atoms. The number of aromatic amines is 1. The van der Waals surface area contributed by atoms with Gasteiger partial charge in [-0.05, 0) is 49.8 Å². The second kappa shape index (κ2) is 9.30. The Labute approximate surface area is 175 Å². The molecular weight excluding hydrogens is 378 g/mol. The van der Waals surface area contributed by atoms with E-state index < -0.39 is 0 Å². The summed E-state index contributed by atoms with van der Waals surface area (Å²) in [7, 11) is 0. The molecule has 0 unspecified atom stereocenters. The number of aryl methyl sites for hydroxylation is 1. The molecular formula is C22H25N7O. The first-order valence-corrected chi connectivity index (χ1v) is 10.1. The Balaban J connectivity index is 1.37. The summed E-state index contributed by atoms with van der Waals surface area (Å²) in [5.74, 6) is 1.93. The molecule has 30 heavy (non-hydrogen) atoms. The van der Waals surface area contributed by atoms with E-state index in [4.69, 9.17) is 0 Å². The summed E-state index contributed by atoms with van der Waals surface area (Å²) in [5, 5.41) is 3.26. The third kappa shape index (κ3) is 5.08. The Kier molecular flexibility index (Phi) is 6.12. The molecule has 1 aliphatic heterocycles. The molecule has 0 aliphatic carbocycles. The smallest absolute Gasteiger partial charge is 0.246 e. The fourth-order valence-electron chi connectivity index (χ4n) is 3.67. The van der Waals surface area contributed by atoms with Crippen LogP contribution in [0.4, 0.5) is 11.6 Å². The lowest BCUT2D eigenvalue weighted by atomic mass is 9.93. The van der Waals surface area contributed by atoms with Crippen LogP contribution in [0.5, 0.6) is 0 Å². The molecule has 2 N–H and O–H groups in total. The van der Waals surface area contributed by atoms with Crippen LogP contribution < -0.4 is 5.32 Å². The normalized spacial score (nSPS) is 16.7. The molecule has 1 aliphatic rings. The van der Waals surface area contributed by atoms with Crippen molar-refractivity contribution in [2.75, 3.05) is 18.4 Å². The predicted molar refractivity (Wildman–Crippen MR) is 115 cm³/mol. The van der Waals surface area contributed by atoms with Gasteiger partial charge in [0.1, 0.15) is 18.0 Å². The van der Waals surface area contributed by atoms with E-state index in [-0.39, 0.29) is 5.91 Å². The molecule has 0 spiro atoms. The van der Waals surface area contributed by atoms with Crippen LogP contribution in [0, 0.1) is 12.8 Å². The molecule has 1 amide bonds. The Morgan fingerprint density at radius 2 is 2.30 bits per heavy atom. The number of imidazole rings is 1. The zero-order chi connectivity index (χ0) is 20.8. The Hall–Kier alpha value is -3.55. The van der Waals surface area contributed by atoms with Crippen molar-refractivity contribution in [3.05, 3.63) is 66.3 Å². The van der Waals surface area contributed by atoms with Gasteiger partial charge in [0.25, 0.3) is 0 Å². The maximum Gasteiger partial charge on any atom is 0.246 e. The first-order chi connectivity index (χ1) is 14.7. The van der Waals surface area contributed by atoms with Crippen molar-refractivity contribution in [2.24, 2.45) is 5.92 Å². The number of carbonyl (C=O) groups is 1. The number of hydrogen-bond acceptors (Lipinski definition) is 6. The maximum atomic E-state index is 12.5. The summed E-state index contributed by atoms with van der Waals surface area (Å²) in [4.78, 5) is 34.5. The van der Waals surface area contributed by atoms with Gasteiger partial charge in [-0.1, -0.05) is 6.07 Å². The highest BCUT2D eigenvalue weighted by molar-refractivity contribution is 5.91. The highest BCUT2D eigenvalue weighted by atomic mass is 16.2. The molecule has 3 aromatic rings. The van der Waals surface area contributed by atoms with Crippen LogP contribution in [0.2, 0.25) is 0 Å². The number of hydrogen-bond donors (Lipinski definition) is 2. The Bertz CT molecular complexity index is 1020. The van der Waals surface area contributed by atoms with Gasteiger partial charge in [0.05, 0.1) is 18.2 Å². The summed E-state index contributed by atoms with van der Waals surface area (Å²) in [5.41, 5.74) is 2.84. The first-order valence-electron chi connectivity index (χ1n) is 10.1. The number of nitrogens with zero attached hydrogens (tertiary/aromatic N) is 5. The van der Waals surface area contributed by atoms with E-state index in [2.05, 4.69) is 30.2 Å². The van der Waals surface area contributed by atoms with Gasteiger partial charge in [0.15, 0.2) is 0 Å². The number of carbonyl (C=O) groups excluding carboxylic acids is 1. The molecule has 1 fully saturated rings. The minimum Gasteiger partial charge on any atom is -0.345 e. The quantitative estimate of drug-likeness (QED) is 0.614. The molecule has 4 heterocycles. The van der Waals surface area contributed by atoms with Crippen LogP contribution in [0.1, 0.15) is 29.8 Å². The summed E-state index contributed by atoms with van der Waals surface area (Å²) < 4.78 is 0. The van der Waals surface area contributed by atoms with Crippen molar-refractivity contribution in [1.82, 2.24) is 29.8 Å². The number of nitrogens with one attached hydrogen (secondary N) is 2. The Morgan fingerprint density at radius 3 is 3.13 bits per heavy atom. The topological polar surface area (TPSA) is 99.7 Å². The van der Waals surface area contributed by atoms with Crippen LogP contribution in [-0.4, -0.2) is 48.8 Å². The second-order valence-electron chi connectivity index (χ2n) is 7.53. The molecule has 0 aromatic carbocycles. The highest BCUT2D eigenvalue weighted by Gasteiger charge is 2.23. The Morgan fingerprint density at radius 1 is 1.37 bits per heavy atom. The van der Waals surface area contributed by atoms with Crippen molar-refractivity contribution >= 4 is 23.6 Å². The number of amides is 1. The second-order valence-corrected chi connectivity index (χ2v) is 7.53. The van der Waals surface area contributed by atoms with Crippen molar-refractivity contribution in [3.8, 4) is 0 Å². The van der Waals surface area contributed by atoms with Crippen molar-refractivity contribution < 1.29 is 4.79 Å². The fraction of sp³-hybridized carbons (Fsp3) is 0.318. The first kappa shape index (κ1) is 19.8. The summed E-state index contributed by atoms with van der Waals surface area (Å²) in [6.45, 7) is 3.53. The number of pyridine rings is 1. The van der Waals surface area contributed by atoms with E-state index in [1.807, 2.05) is 30.0 Å². The summed E-state index contributed by atoms with van der Waals surface area (Å²) in [6.07, 6.45) is 12.9. The van der Waals surface area contributed by atoms with Gasteiger partial charge < -0.3 is 15.2 Å². The van der Waals surface area contributed by atoms with E-state index in [1.165, 1.54) is 0 Å². The third-order valence-electron chi connectivity index (χ3n) is 5.23. The van der Waals surface area contributed by atoms with Gasteiger partial charge in [-0.3, -0.25) is 4.79 Å². The van der Waals surface area contributed by atoms with E-state index >= 15 is 0 Å². The van der Waals surface area contributed by atoms with Gasteiger partial charge in [-0.15, -0.1) is 0 Å². The predicted octanol–water partition coefficient (Wildman–Crippen LogP) is 3.14. The van der Waals surface area contributed by atoms with Crippen LogP contribution >= 0.6 is 0 Å². The number of anilines is 2. The van der Waals surface area contributed by atoms with E-state index in [1.54, 1.807) is 37.2 Å². The van der Waals surface area contributed by atoms with Crippen molar-refractivity contribution in [3.63, 3.8) is 0 Å². The van der Waals surface area contributed by atoms with Crippen molar-refractivity contribution in [2.45, 2.75) is 26.2 Å². The zero-order valence-corrected chi connectivity index (χ0v) is 17.0. The minimum absolute atomic E-state index is 0.0324. The lowest BCUT2D eigenvalue weighted by Gasteiger charge is -2.32. The van der Waals surface area contributed by atoms with Gasteiger partial charge in [0, 0.05) is 37.1 Å². The number of H-pyrrole nitrogens is 1. The lowest BCUT2D eigenvalue weighted by molar-refractivity contribution is -0.127. The number of piperidine rings is 1. The molecule has 1 atom stereocenters. The lowest BCUT2D eigenvalue weighted by Crippen LogP contribution is -2.39. The summed E-state index contributed by atoms with van der Waals surface area (Å²) >= 11 is 0. The number of aromatic nitrogens is 5. The fourth-order valence-corrected chi connectivity index (χ4v) is 3.67. The standard InChI is InChI=1S/C22H25N7O/c1-16-4-2-8-24-22(16)28-20-11-19(26-15-27-20)10-17-5-3-9-29(13-17)21(30)7-6-18-12-23-14-25-18/h2,4,6-8,11-12,14-15,17H,3,5,9-10,13H2,1H3,(H,23,25)(H,24,26,27,28)/b7-6+/t17-/m0/s1. The van der Waals surface area contributed by atoms with E-state index in [0.717, 1.165) is 60.9 Å². The monoisotopic (exact) mass is 403 g/mol. The molecule has 3 aromatic heterocycles. The SMILES string of the molecule is Cc1cccnc1Nc1cc(C[C@@H]2CCCN(C(=O)/C=C/c3cnc[nH]3)C2)ncn1. The average molecular weight is 403 g/mol. The molecule has 8 nitrogen and oxygen atoms in total. The highest BCUT2D eigenvalue weighted by Crippen LogP contribution is 2.22. The van der Waals surface area contributed by atoms with E-state index in [0.29, 0.717) is 5.92 Å². The van der Waals surface area contributed by atoms with Gasteiger partial charge in [-0.2, -0.15) is 0 Å². The molecule has 154 valence electrons. The van der Waals surface area contributed by atoms with Gasteiger partial charge >= 0.3 is 0 Å². The maximum absolute atomic E-state index is 12.5. The van der Waals surface area contributed by atoms with Crippen LogP contribution in [0.3, 0.4) is 0 Å². The third-order valence-corrected chi connectivity index (χ3v) is 5.23. The average Bonchev–Trinajstić information content (AvgIpc) is 3.28. The van der Waals surface area contributed by atoms with E-state index in [9.17, 15) is 4.79 Å². The van der Waals surface area contributed by atoms with Crippen LogP contribution in [0.15, 0.2) is 49.3 Å². The summed E-state index contributed by atoms with van der Waals surface area (Å²) in [6, 6.07) is 5.88. The van der Waals surface area contributed by atoms with Crippen LogP contribution in [-0.2, 0) is 11.2 Å². The number of likely N-dealkylation sites (tertiary alicyclic amines) is 1. The van der Waals surface area contributed by atoms with Gasteiger partial charge in [0.2, 0.25) is 5.91 Å². The van der Waals surface area contributed by atoms with Crippen molar-refractivity contribution in [1.29, 1.82) is 0 Å².